The van der Waals surface area contributed by atoms with E-state index < -0.39 is 11.5 Å². The number of rotatable bonds is 2. The van der Waals surface area contributed by atoms with Crippen LogP contribution >= 0.6 is 11.3 Å². The van der Waals surface area contributed by atoms with Gasteiger partial charge in [-0.05, 0) is 24.8 Å². The number of aromatic hydroxyl groups is 1. The molecule has 0 radical (unpaired) electrons. The highest BCUT2D eigenvalue weighted by molar-refractivity contribution is 7.17. The minimum absolute atomic E-state index is 0.155. The summed E-state index contributed by atoms with van der Waals surface area (Å²) in [4.78, 5) is 24.4. The van der Waals surface area contributed by atoms with Crippen LogP contribution in [0.2, 0.25) is 0 Å². The fourth-order valence-corrected chi connectivity index (χ4v) is 2.86. The highest BCUT2D eigenvalue weighted by Crippen LogP contribution is 2.33. The van der Waals surface area contributed by atoms with Crippen molar-refractivity contribution < 1.29 is 14.6 Å². The fourth-order valence-electron chi connectivity index (χ4n) is 1.84. The van der Waals surface area contributed by atoms with E-state index in [0.29, 0.717) is 10.2 Å². The van der Waals surface area contributed by atoms with Crippen LogP contribution < -0.4 is 5.56 Å². The van der Waals surface area contributed by atoms with Crippen molar-refractivity contribution in [3.8, 4) is 5.75 Å². The van der Waals surface area contributed by atoms with Gasteiger partial charge in [0, 0.05) is 7.05 Å². The fraction of sp³-hybridized carbons (Fsp3) is 0.333. The normalized spacial score (nSPS) is 10.8. The first-order chi connectivity index (χ1) is 8.49. The standard InChI is InChI=1S/C12H13NO4S/c1-4-17-12(16)8-9(14)7-6(2)5-18-11(7)13(3)10(8)15/h5,14H,4H2,1-3H3. The molecular formula is C12H13NO4S. The van der Waals surface area contributed by atoms with E-state index in [-0.39, 0.29) is 17.9 Å². The highest BCUT2D eigenvalue weighted by Gasteiger charge is 2.23. The highest BCUT2D eigenvalue weighted by atomic mass is 32.1. The van der Waals surface area contributed by atoms with Crippen LogP contribution in [0, 0.1) is 6.92 Å². The van der Waals surface area contributed by atoms with Gasteiger partial charge in [-0.15, -0.1) is 11.3 Å². The zero-order valence-electron chi connectivity index (χ0n) is 10.3. The third kappa shape index (κ3) is 1.69. The first kappa shape index (κ1) is 12.6. The molecule has 2 heterocycles. The van der Waals surface area contributed by atoms with Crippen molar-refractivity contribution in [2.75, 3.05) is 6.61 Å². The summed E-state index contributed by atoms with van der Waals surface area (Å²) in [7, 11) is 1.57. The number of esters is 1. The molecule has 2 aromatic heterocycles. The van der Waals surface area contributed by atoms with E-state index in [1.54, 1.807) is 14.0 Å². The Balaban J connectivity index is 2.86. The van der Waals surface area contributed by atoms with Crippen molar-refractivity contribution in [1.29, 1.82) is 0 Å². The molecule has 0 saturated heterocycles. The molecule has 0 aromatic carbocycles. The molecule has 1 N–H and O–H groups in total. The molecule has 6 heteroatoms. The van der Waals surface area contributed by atoms with Gasteiger partial charge in [0.15, 0.2) is 5.56 Å². The van der Waals surface area contributed by atoms with Crippen LogP contribution in [-0.4, -0.2) is 22.2 Å². The molecule has 2 rings (SSSR count). The van der Waals surface area contributed by atoms with Crippen LogP contribution in [0.25, 0.3) is 10.2 Å². The van der Waals surface area contributed by atoms with Crippen LogP contribution in [0.3, 0.4) is 0 Å². The first-order valence-corrected chi connectivity index (χ1v) is 6.33. The monoisotopic (exact) mass is 267 g/mol. The maximum absolute atomic E-state index is 12.0. The number of pyridine rings is 1. The second kappa shape index (κ2) is 4.45. The van der Waals surface area contributed by atoms with E-state index in [2.05, 4.69) is 0 Å². The van der Waals surface area contributed by atoms with Crippen LogP contribution in [0.4, 0.5) is 0 Å². The number of carbonyl (C=O) groups is 1. The Bertz CT molecular complexity index is 683. The van der Waals surface area contributed by atoms with Crippen LogP contribution in [0.5, 0.6) is 5.75 Å². The van der Waals surface area contributed by atoms with Crippen molar-refractivity contribution in [2.24, 2.45) is 7.05 Å². The van der Waals surface area contributed by atoms with Gasteiger partial charge in [-0.3, -0.25) is 4.79 Å². The summed E-state index contributed by atoms with van der Waals surface area (Å²) in [5, 5.41) is 12.5. The van der Waals surface area contributed by atoms with Gasteiger partial charge in [0.2, 0.25) is 0 Å². The van der Waals surface area contributed by atoms with E-state index in [1.807, 2.05) is 12.3 Å². The number of fused-ring (bicyclic) bond motifs is 1. The maximum atomic E-state index is 12.0. The third-order valence-electron chi connectivity index (χ3n) is 2.73. The summed E-state index contributed by atoms with van der Waals surface area (Å²) in [6, 6.07) is 0. The molecule has 0 aliphatic carbocycles. The van der Waals surface area contributed by atoms with E-state index in [4.69, 9.17) is 4.74 Å². The summed E-state index contributed by atoms with van der Waals surface area (Å²) in [5.74, 6) is -1.08. The summed E-state index contributed by atoms with van der Waals surface area (Å²) in [6.45, 7) is 3.62. The van der Waals surface area contributed by atoms with Crippen molar-refractivity contribution >= 4 is 27.5 Å². The molecule has 0 aliphatic heterocycles. The topological polar surface area (TPSA) is 68.5 Å². The van der Waals surface area contributed by atoms with Crippen molar-refractivity contribution in [3.05, 3.63) is 26.9 Å². The number of hydrogen-bond donors (Lipinski definition) is 1. The Labute approximate surface area is 107 Å². The Morgan fingerprint density at radius 3 is 2.83 bits per heavy atom. The average molecular weight is 267 g/mol. The molecule has 5 nitrogen and oxygen atoms in total. The van der Waals surface area contributed by atoms with Gasteiger partial charge in [-0.1, -0.05) is 0 Å². The molecule has 18 heavy (non-hydrogen) atoms. The number of aromatic nitrogens is 1. The average Bonchev–Trinajstić information content (AvgIpc) is 2.69. The van der Waals surface area contributed by atoms with Crippen LogP contribution in [0.15, 0.2) is 10.2 Å². The van der Waals surface area contributed by atoms with Gasteiger partial charge in [-0.2, -0.15) is 0 Å². The predicted molar refractivity (Wildman–Crippen MR) is 69.4 cm³/mol. The quantitative estimate of drug-likeness (QED) is 0.842. The first-order valence-electron chi connectivity index (χ1n) is 5.45. The van der Waals surface area contributed by atoms with Gasteiger partial charge in [0.25, 0.3) is 5.56 Å². The molecule has 0 unspecified atom stereocenters. The Morgan fingerprint density at radius 1 is 1.56 bits per heavy atom. The second-order valence-electron chi connectivity index (χ2n) is 3.91. The molecule has 0 bridgehead atoms. The zero-order valence-corrected chi connectivity index (χ0v) is 11.1. The van der Waals surface area contributed by atoms with Gasteiger partial charge in [0.1, 0.15) is 10.6 Å². The summed E-state index contributed by atoms with van der Waals surface area (Å²) in [5.41, 5.74) is -0.0118. The Kier molecular flexibility index (Phi) is 3.13. The Hall–Kier alpha value is -1.82. The van der Waals surface area contributed by atoms with Gasteiger partial charge >= 0.3 is 5.97 Å². The van der Waals surface area contributed by atoms with Crippen LogP contribution in [-0.2, 0) is 11.8 Å². The second-order valence-corrected chi connectivity index (χ2v) is 4.77. The van der Waals surface area contributed by atoms with Gasteiger partial charge in [-0.25, -0.2) is 4.79 Å². The molecule has 0 aliphatic rings. The van der Waals surface area contributed by atoms with Crippen LogP contribution in [0.1, 0.15) is 22.8 Å². The van der Waals surface area contributed by atoms with E-state index in [9.17, 15) is 14.7 Å². The van der Waals surface area contributed by atoms with E-state index in [0.717, 1.165) is 5.56 Å². The molecule has 0 spiro atoms. The molecule has 0 amide bonds. The number of nitrogens with zero attached hydrogens (tertiary/aromatic N) is 1. The summed E-state index contributed by atoms with van der Waals surface area (Å²) < 4.78 is 6.16. The van der Waals surface area contributed by atoms with Crippen molar-refractivity contribution in [3.63, 3.8) is 0 Å². The smallest absolute Gasteiger partial charge is 0.347 e. The summed E-state index contributed by atoms with van der Waals surface area (Å²) >= 11 is 1.35. The van der Waals surface area contributed by atoms with E-state index in [1.165, 1.54) is 15.9 Å². The lowest BCUT2D eigenvalue weighted by molar-refractivity contribution is 0.0520. The zero-order chi connectivity index (χ0) is 13.4. The number of hydrogen-bond acceptors (Lipinski definition) is 5. The summed E-state index contributed by atoms with van der Waals surface area (Å²) in [6.07, 6.45) is 0. The Morgan fingerprint density at radius 2 is 2.22 bits per heavy atom. The third-order valence-corrected chi connectivity index (χ3v) is 3.90. The number of aryl methyl sites for hydroxylation is 2. The van der Waals surface area contributed by atoms with Crippen molar-refractivity contribution in [2.45, 2.75) is 13.8 Å². The minimum Gasteiger partial charge on any atom is -0.506 e. The number of carbonyl (C=O) groups excluding carboxylic acids is 1. The van der Waals surface area contributed by atoms with Crippen molar-refractivity contribution in [1.82, 2.24) is 4.57 Å². The predicted octanol–water partition coefficient (Wildman–Crippen LogP) is 1.79. The molecule has 0 saturated carbocycles. The lowest BCUT2D eigenvalue weighted by Crippen LogP contribution is -2.25. The maximum Gasteiger partial charge on any atom is 0.347 e. The largest absolute Gasteiger partial charge is 0.506 e. The van der Waals surface area contributed by atoms with Gasteiger partial charge in [0.05, 0.1) is 12.0 Å². The lowest BCUT2D eigenvalue weighted by Gasteiger charge is -2.08. The molecule has 2 aromatic rings. The minimum atomic E-state index is -0.789. The molecule has 0 atom stereocenters. The number of thiophene rings is 1. The molecule has 96 valence electrons. The van der Waals surface area contributed by atoms with Gasteiger partial charge < -0.3 is 14.4 Å². The number of ether oxygens (including phenoxy) is 1. The molecule has 0 fully saturated rings. The van der Waals surface area contributed by atoms with E-state index >= 15 is 0 Å². The lowest BCUT2D eigenvalue weighted by atomic mass is 10.1. The molecular weight excluding hydrogens is 254 g/mol. The SMILES string of the molecule is CCOC(=O)c1c(O)c2c(C)csc2n(C)c1=O.